The van der Waals surface area contributed by atoms with Gasteiger partial charge in [-0.05, 0) is 81.1 Å². The van der Waals surface area contributed by atoms with Crippen LogP contribution in [0, 0.1) is 13.8 Å². The Kier molecular flexibility index (Phi) is 6.06. The Balaban J connectivity index is 2.05. The van der Waals surface area contributed by atoms with Gasteiger partial charge >= 0.3 is 0 Å². The zero-order valence-electron chi connectivity index (χ0n) is 14.4. The summed E-state index contributed by atoms with van der Waals surface area (Å²) in [6.45, 7) is 4.10. The van der Waals surface area contributed by atoms with Crippen molar-refractivity contribution in [1.29, 1.82) is 0 Å². The van der Waals surface area contributed by atoms with Gasteiger partial charge < -0.3 is 10.6 Å². The number of aryl methyl sites for hydroxylation is 2. The summed E-state index contributed by atoms with van der Waals surface area (Å²) >= 11 is 7.06. The van der Waals surface area contributed by atoms with Gasteiger partial charge in [-0.25, -0.2) is 0 Å². The number of hydrogen-bond donors (Lipinski definition) is 2. The Bertz CT molecular complexity index is 865. The molecule has 0 radical (unpaired) electrons. The fourth-order valence-corrected chi connectivity index (χ4v) is 2.82. The minimum atomic E-state index is 0.828. The molecule has 0 fully saturated rings. The second-order valence-corrected chi connectivity index (χ2v) is 7.74. The molecule has 132 valence electrons. The predicted molar refractivity (Wildman–Crippen MR) is 120 cm³/mol. The average molecular weight is 474 g/mol. The first-order valence-electron chi connectivity index (χ1n) is 8.05. The molecule has 0 spiro atoms. The van der Waals surface area contributed by atoms with E-state index in [0.29, 0.717) is 0 Å². The summed E-state index contributed by atoms with van der Waals surface area (Å²) in [7, 11) is 0. The molecule has 26 heavy (non-hydrogen) atoms. The van der Waals surface area contributed by atoms with E-state index in [9.17, 15) is 0 Å². The van der Waals surface area contributed by atoms with Crippen molar-refractivity contribution < 1.29 is 0 Å². The average Bonchev–Trinajstić information content (AvgIpc) is 2.62. The predicted octanol–water partition coefficient (Wildman–Crippen LogP) is 6.72. The van der Waals surface area contributed by atoms with Crippen LogP contribution in [0.15, 0.2) is 67.7 Å². The summed E-state index contributed by atoms with van der Waals surface area (Å²) in [6.07, 6.45) is 7.25. The standard InChI is InChI=1S/C20H18Br2N4/c1-13-3-5-17-19(7-13)25-11-15(21)10-24-18-6-4-14(2)8-20(18)26-12-16(22)9-23-17/h3-12,25-26H,1-2H3/b15-11+,16-12+,23-9?,24-10?. The highest BCUT2D eigenvalue weighted by molar-refractivity contribution is 9.12. The van der Waals surface area contributed by atoms with Crippen molar-refractivity contribution in [2.24, 2.45) is 9.98 Å². The lowest BCUT2D eigenvalue weighted by molar-refractivity contribution is 1.41. The van der Waals surface area contributed by atoms with Crippen LogP contribution in [0.5, 0.6) is 0 Å². The Morgan fingerprint density at radius 2 is 1.12 bits per heavy atom. The maximum Gasteiger partial charge on any atom is 0.0864 e. The molecule has 1 aliphatic rings. The Labute approximate surface area is 170 Å². The summed E-state index contributed by atoms with van der Waals surface area (Å²) in [5, 5.41) is 6.58. The fraction of sp³-hybridized carbons (Fsp3) is 0.100. The third-order valence-electron chi connectivity index (χ3n) is 3.69. The largest absolute Gasteiger partial charge is 0.359 e. The van der Waals surface area contributed by atoms with Crippen molar-refractivity contribution in [3.63, 3.8) is 0 Å². The molecule has 0 saturated heterocycles. The molecule has 3 rings (SSSR count). The monoisotopic (exact) mass is 472 g/mol. The number of fused-ring (bicyclic) bond motifs is 2. The zero-order valence-corrected chi connectivity index (χ0v) is 17.6. The molecular weight excluding hydrogens is 456 g/mol. The van der Waals surface area contributed by atoms with E-state index in [-0.39, 0.29) is 0 Å². The van der Waals surface area contributed by atoms with E-state index in [1.165, 1.54) is 0 Å². The first kappa shape index (κ1) is 18.6. The third kappa shape index (κ3) is 4.93. The molecule has 0 atom stereocenters. The Morgan fingerprint density at radius 1 is 0.692 bits per heavy atom. The van der Waals surface area contributed by atoms with E-state index in [1.807, 2.05) is 36.7 Å². The number of halogens is 2. The topological polar surface area (TPSA) is 48.8 Å². The molecule has 2 aromatic rings. The molecular formula is C20H18Br2N4. The van der Waals surface area contributed by atoms with Crippen LogP contribution in [0.4, 0.5) is 22.7 Å². The van der Waals surface area contributed by atoms with Gasteiger partial charge in [0.1, 0.15) is 0 Å². The molecule has 0 amide bonds. The highest BCUT2D eigenvalue weighted by Gasteiger charge is 2.03. The van der Waals surface area contributed by atoms with Crippen molar-refractivity contribution >= 4 is 67.0 Å². The van der Waals surface area contributed by atoms with Gasteiger partial charge in [-0.3, -0.25) is 9.98 Å². The van der Waals surface area contributed by atoms with Crippen molar-refractivity contribution in [3.8, 4) is 0 Å². The molecule has 1 heterocycles. The normalized spacial score (nSPS) is 18.2. The van der Waals surface area contributed by atoms with Gasteiger partial charge in [0.15, 0.2) is 0 Å². The minimum Gasteiger partial charge on any atom is -0.359 e. The first-order chi connectivity index (χ1) is 12.5. The maximum atomic E-state index is 4.57. The molecule has 0 bridgehead atoms. The Morgan fingerprint density at radius 3 is 1.54 bits per heavy atom. The molecule has 2 aromatic carbocycles. The van der Waals surface area contributed by atoms with E-state index in [4.69, 9.17) is 0 Å². The van der Waals surface area contributed by atoms with Crippen molar-refractivity contribution in [2.45, 2.75) is 13.8 Å². The molecule has 2 N–H and O–H groups in total. The van der Waals surface area contributed by atoms with Crippen molar-refractivity contribution in [1.82, 2.24) is 0 Å². The van der Waals surface area contributed by atoms with E-state index in [0.717, 1.165) is 42.8 Å². The highest BCUT2D eigenvalue weighted by Crippen LogP contribution is 2.29. The SMILES string of the molecule is Cc1ccc2c(c1)N/C=C(/Br)C=Nc1ccc(C)cc1N/C=C(/Br)C=N2. The van der Waals surface area contributed by atoms with E-state index in [1.54, 1.807) is 12.4 Å². The van der Waals surface area contributed by atoms with Gasteiger partial charge in [0.2, 0.25) is 0 Å². The number of nitrogens with zero attached hydrogens (tertiary/aromatic N) is 2. The summed E-state index contributed by atoms with van der Waals surface area (Å²) in [5.41, 5.74) is 5.86. The van der Waals surface area contributed by atoms with Crippen LogP contribution in [-0.2, 0) is 0 Å². The van der Waals surface area contributed by atoms with Crippen molar-refractivity contribution in [2.75, 3.05) is 10.6 Å². The summed E-state index contributed by atoms with van der Waals surface area (Å²) in [5.74, 6) is 0. The molecule has 4 nitrogen and oxygen atoms in total. The van der Waals surface area contributed by atoms with Crippen LogP contribution in [0.1, 0.15) is 11.1 Å². The lowest BCUT2D eigenvalue weighted by Gasteiger charge is -2.09. The fourth-order valence-electron chi connectivity index (χ4n) is 2.39. The second-order valence-electron chi connectivity index (χ2n) is 5.90. The number of hydrogen-bond acceptors (Lipinski definition) is 4. The second kappa shape index (κ2) is 8.47. The lowest BCUT2D eigenvalue weighted by atomic mass is 10.2. The smallest absolute Gasteiger partial charge is 0.0864 e. The number of aliphatic imine (C=N–C) groups is 2. The zero-order chi connectivity index (χ0) is 18.5. The van der Waals surface area contributed by atoms with Gasteiger partial charge in [-0.2, -0.15) is 0 Å². The van der Waals surface area contributed by atoms with Crippen LogP contribution in [-0.4, -0.2) is 12.4 Å². The number of nitrogens with one attached hydrogen (secondary N) is 2. The lowest BCUT2D eigenvalue weighted by Crippen LogP contribution is -1.94. The number of allylic oxidation sites excluding steroid dienone is 2. The maximum absolute atomic E-state index is 4.57. The first-order valence-corrected chi connectivity index (χ1v) is 9.64. The molecule has 0 aromatic heterocycles. The summed E-state index contributed by atoms with van der Waals surface area (Å²) < 4.78 is 1.66. The van der Waals surface area contributed by atoms with Crippen molar-refractivity contribution in [3.05, 3.63) is 68.9 Å². The van der Waals surface area contributed by atoms with E-state index < -0.39 is 0 Å². The summed E-state index contributed by atoms with van der Waals surface area (Å²) in [4.78, 5) is 9.15. The molecule has 6 heteroatoms. The van der Waals surface area contributed by atoms with Gasteiger partial charge in [-0.15, -0.1) is 0 Å². The van der Waals surface area contributed by atoms with Crippen LogP contribution in [0.3, 0.4) is 0 Å². The van der Waals surface area contributed by atoms with Crippen LogP contribution >= 0.6 is 31.9 Å². The minimum absolute atomic E-state index is 0.828. The van der Waals surface area contributed by atoms with Gasteiger partial charge in [0.05, 0.1) is 31.7 Å². The molecule has 0 unspecified atom stereocenters. The Hall–Kier alpha value is -2.18. The number of anilines is 2. The highest BCUT2D eigenvalue weighted by atomic mass is 79.9. The van der Waals surface area contributed by atoms with Crippen LogP contribution < -0.4 is 10.6 Å². The number of benzene rings is 2. The van der Waals surface area contributed by atoms with Crippen LogP contribution in [0.2, 0.25) is 0 Å². The van der Waals surface area contributed by atoms with Gasteiger partial charge in [0.25, 0.3) is 0 Å². The molecule has 0 saturated carbocycles. The summed E-state index contributed by atoms with van der Waals surface area (Å²) in [6, 6.07) is 12.2. The van der Waals surface area contributed by atoms with E-state index >= 15 is 0 Å². The number of rotatable bonds is 0. The van der Waals surface area contributed by atoms with Gasteiger partial charge in [0, 0.05) is 24.8 Å². The third-order valence-corrected chi connectivity index (χ3v) is 4.56. The van der Waals surface area contributed by atoms with E-state index in [2.05, 4.69) is 78.5 Å². The van der Waals surface area contributed by atoms with Crippen LogP contribution in [0.25, 0.3) is 0 Å². The quantitative estimate of drug-likeness (QED) is 0.446. The van der Waals surface area contributed by atoms with Gasteiger partial charge in [-0.1, -0.05) is 12.1 Å². The molecule has 1 aliphatic heterocycles. The molecule has 0 aliphatic carbocycles.